The molecule has 0 saturated carbocycles. The Morgan fingerprint density at radius 2 is 2.33 bits per heavy atom. The Bertz CT molecular complexity index is 674. The molecule has 2 heterocycles. The fourth-order valence-corrected chi connectivity index (χ4v) is 3.19. The van der Waals surface area contributed by atoms with E-state index in [-0.39, 0.29) is 11.8 Å². The van der Waals surface area contributed by atoms with Gasteiger partial charge in [0.25, 0.3) is 0 Å². The molecule has 1 aliphatic heterocycles. The second-order valence-electron chi connectivity index (χ2n) is 5.60. The van der Waals surface area contributed by atoms with E-state index in [1.54, 1.807) is 6.20 Å². The van der Waals surface area contributed by atoms with Crippen LogP contribution in [0.15, 0.2) is 34.9 Å². The molecule has 5 heteroatoms. The van der Waals surface area contributed by atoms with Gasteiger partial charge in [-0.05, 0) is 54.4 Å². The van der Waals surface area contributed by atoms with Crippen LogP contribution in [-0.4, -0.2) is 23.5 Å². The van der Waals surface area contributed by atoms with Crippen LogP contribution in [0.4, 0.5) is 5.69 Å². The standard InChI is InChI=1S/C16H18BrN3O/c1-10-7-12(5-6-18-10)16(21)20-14-4-2-3-11-8-13(17)9-19-15(11)14/h2-4,8-10,12,18H,5-7H2,1H3,(H,20,21). The van der Waals surface area contributed by atoms with Crippen LogP contribution in [0.2, 0.25) is 0 Å². The first-order valence-corrected chi connectivity index (χ1v) is 8.01. The lowest BCUT2D eigenvalue weighted by Crippen LogP contribution is -2.40. The molecule has 1 aromatic heterocycles. The average molecular weight is 348 g/mol. The maximum Gasteiger partial charge on any atom is 0.227 e. The molecule has 110 valence electrons. The predicted octanol–water partition coefficient (Wildman–Crippen LogP) is 3.32. The number of amides is 1. The van der Waals surface area contributed by atoms with Crippen LogP contribution < -0.4 is 10.6 Å². The summed E-state index contributed by atoms with van der Waals surface area (Å²) in [5, 5.41) is 7.43. The van der Waals surface area contributed by atoms with Gasteiger partial charge in [0.15, 0.2) is 0 Å². The van der Waals surface area contributed by atoms with Gasteiger partial charge in [-0.1, -0.05) is 12.1 Å². The second-order valence-corrected chi connectivity index (χ2v) is 6.51. The molecule has 1 saturated heterocycles. The summed E-state index contributed by atoms with van der Waals surface area (Å²) >= 11 is 3.42. The van der Waals surface area contributed by atoms with Gasteiger partial charge in [-0.3, -0.25) is 9.78 Å². The molecule has 3 rings (SSSR count). The second kappa shape index (κ2) is 6.12. The van der Waals surface area contributed by atoms with Gasteiger partial charge in [-0.2, -0.15) is 0 Å². The lowest BCUT2D eigenvalue weighted by atomic mass is 9.92. The highest BCUT2D eigenvalue weighted by atomic mass is 79.9. The van der Waals surface area contributed by atoms with Gasteiger partial charge >= 0.3 is 0 Å². The number of halogens is 1. The average Bonchev–Trinajstić information content (AvgIpc) is 2.47. The van der Waals surface area contributed by atoms with Gasteiger partial charge in [-0.25, -0.2) is 0 Å². The van der Waals surface area contributed by atoms with E-state index >= 15 is 0 Å². The van der Waals surface area contributed by atoms with Crippen molar-refractivity contribution in [2.24, 2.45) is 5.92 Å². The van der Waals surface area contributed by atoms with E-state index in [9.17, 15) is 4.79 Å². The topological polar surface area (TPSA) is 54.0 Å². The number of para-hydroxylation sites is 1. The third-order valence-corrected chi connectivity index (χ3v) is 4.36. The van der Waals surface area contributed by atoms with Crippen molar-refractivity contribution in [1.29, 1.82) is 0 Å². The monoisotopic (exact) mass is 347 g/mol. The molecule has 0 radical (unpaired) electrons. The van der Waals surface area contributed by atoms with Crippen LogP contribution in [0, 0.1) is 5.92 Å². The van der Waals surface area contributed by atoms with Gasteiger partial charge in [0, 0.05) is 28.0 Å². The van der Waals surface area contributed by atoms with E-state index in [1.807, 2.05) is 24.3 Å². The number of pyridine rings is 1. The highest BCUT2D eigenvalue weighted by molar-refractivity contribution is 9.10. The molecule has 2 atom stereocenters. The van der Waals surface area contributed by atoms with Gasteiger partial charge in [0.2, 0.25) is 5.91 Å². The number of nitrogens with zero attached hydrogens (tertiary/aromatic N) is 1. The third-order valence-electron chi connectivity index (χ3n) is 3.93. The van der Waals surface area contributed by atoms with Crippen LogP contribution in [0.1, 0.15) is 19.8 Å². The normalized spacial score (nSPS) is 22.2. The van der Waals surface area contributed by atoms with Crippen molar-refractivity contribution in [3.8, 4) is 0 Å². The van der Waals surface area contributed by atoms with E-state index in [2.05, 4.69) is 38.5 Å². The first-order valence-electron chi connectivity index (χ1n) is 7.22. The summed E-state index contributed by atoms with van der Waals surface area (Å²) in [6.45, 7) is 3.02. The van der Waals surface area contributed by atoms with Crippen molar-refractivity contribution in [2.75, 3.05) is 11.9 Å². The van der Waals surface area contributed by atoms with E-state index in [1.165, 1.54) is 0 Å². The van der Waals surface area contributed by atoms with Gasteiger partial charge in [-0.15, -0.1) is 0 Å². The molecule has 0 bridgehead atoms. The molecule has 0 aliphatic carbocycles. The smallest absolute Gasteiger partial charge is 0.227 e. The summed E-state index contributed by atoms with van der Waals surface area (Å²) in [6, 6.07) is 8.25. The SMILES string of the molecule is CC1CC(C(=O)Nc2cccc3cc(Br)cnc23)CCN1. The molecule has 2 aromatic rings. The Labute approximate surface area is 132 Å². The van der Waals surface area contributed by atoms with Crippen LogP contribution in [-0.2, 0) is 4.79 Å². The lowest BCUT2D eigenvalue weighted by molar-refractivity contribution is -0.120. The van der Waals surface area contributed by atoms with Crippen molar-refractivity contribution in [3.05, 3.63) is 34.9 Å². The van der Waals surface area contributed by atoms with Crippen molar-refractivity contribution in [3.63, 3.8) is 0 Å². The van der Waals surface area contributed by atoms with E-state index in [0.29, 0.717) is 6.04 Å². The number of carbonyl (C=O) groups is 1. The number of carbonyl (C=O) groups excluding carboxylic acids is 1. The molecule has 21 heavy (non-hydrogen) atoms. The number of aromatic nitrogens is 1. The Hall–Kier alpha value is -1.46. The Morgan fingerprint density at radius 1 is 1.48 bits per heavy atom. The van der Waals surface area contributed by atoms with Gasteiger partial charge < -0.3 is 10.6 Å². The molecule has 1 aromatic carbocycles. The quantitative estimate of drug-likeness (QED) is 0.875. The summed E-state index contributed by atoms with van der Waals surface area (Å²) in [6.07, 6.45) is 3.53. The lowest BCUT2D eigenvalue weighted by Gasteiger charge is -2.27. The largest absolute Gasteiger partial charge is 0.324 e. The number of hydrogen-bond acceptors (Lipinski definition) is 3. The summed E-state index contributed by atoms with van der Waals surface area (Å²) in [7, 11) is 0. The highest BCUT2D eigenvalue weighted by Crippen LogP contribution is 2.25. The number of nitrogens with one attached hydrogen (secondary N) is 2. The molecule has 2 unspecified atom stereocenters. The Kier molecular flexibility index (Phi) is 4.22. The maximum atomic E-state index is 12.4. The zero-order valence-electron chi connectivity index (χ0n) is 11.9. The minimum Gasteiger partial charge on any atom is -0.324 e. The van der Waals surface area contributed by atoms with E-state index < -0.39 is 0 Å². The number of piperidine rings is 1. The first kappa shape index (κ1) is 14.5. The van der Waals surface area contributed by atoms with Crippen LogP contribution in [0.3, 0.4) is 0 Å². The minimum atomic E-state index is 0.0759. The number of rotatable bonds is 2. The summed E-state index contributed by atoms with van der Waals surface area (Å²) in [4.78, 5) is 16.9. The van der Waals surface area contributed by atoms with E-state index in [4.69, 9.17) is 0 Å². The van der Waals surface area contributed by atoms with Crippen molar-refractivity contribution in [2.45, 2.75) is 25.8 Å². The maximum absolute atomic E-state index is 12.4. The number of benzene rings is 1. The first-order chi connectivity index (χ1) is 10.1. The van der Waals surface area contributed by atoms with Crippen molar-refractivity contribution < 1.29 is 4.79 Å². The highest BCUT2D eigenvalue weighted by Gasteiger charge is 2.25. The van der Waals surface area contributed by atoms with Crippen LogP contribution in [0.5, 0.6) is 0 Å². The van der Waals surface area contributed by atoms with Crippen LogP contribution in [0.25, 0.3) is 10.9 Å². The van der Waals surface area contributed by atoms with Gasteiger partial charge in [0.05, 0.1) is 11.2 Å². The third kappa shape index (κ3) is 3.24. The molecular weight excluding hydrogens is 330 g/mol. The van der Waals surface area contributed by atoms with Gasteiger partial charge in [0.1, 0.15) is 0 Å². The fourth-order valence-electron chi connectivity index (χ4n) is 2.84. The summed E-state index contributed by atoms with van der Waals surface area (Å²) in [5.74, 6) is 0.174. The molecule has 0 spiro atoms. The summed E-state index contributed by atoms with van der Waals surface area (Å²) < 4.78 is 0.936. The van der Waals surface area contributed by atoms with Crippen molar-refractivity contribution >= 4 is 38.4 Å². The molecular formula is C16H18BrN3O. The van der Waals surface area contributed by atoms with E-state index in [0.717, 1.165) is 40.4 Å². The fraction of sp³-hybridized carbons (Fsp3) is 0.375. The molecule has 4 nitrogen and oxygen atoms in total. The predicted molar refractivity (Wildman–Crippen MR) is 88.3 cm³/mol. The number of anilines is 1. The van der Waals surface area contributed by atoms with Crippen molar-refractivity contribution in [1.82, 2.24) is 10.3 Å². The zero-order valence-corrected chi connectivity index (χ0v) is 13.5. The minimum absolute atomic E-state index is 0.0759. The number of hydrogen-bond donors (Lipinski definition) is 2. The van der Waals surface area contributed by atoms with Crippen LogP contribution >= 0.6 is 15.9 Å². The zero-order chi connectivity index (χ0) is 14.8. The number of fused-ring (bicyclic) bond motifs is 1. The Morgan fingerprint density at radius 3 is 3.14 bits per heavy atom. The molecule has 2 N–H and O–H groups in total. The summed E-state index contributed by atoms with van der Waals surface area (Å²) in [5.41, 5.74) is 1.62. The Balaban J connectivity index is 1.83. The molecule has 1 amide bonds. The molecule has 1 aliphatic rings. The molecule has 1 fully saturated rings.